The van der Waals surface area contributed by atoms with E-state index in [1.807, 2.05) is 0 Å². The third-order valence-corrected chi connectivity index (χ3v) is 4.54. The van der Waals surface area contributed by atoms with Gasteiger partial charge in [0.2, 0.25) is 0 Å². The van der Waals surface area contributed by atoms with E-state index < -0.39 is 0 Å². The van der Waals surface area contributed by atoms with Crippen molar-refractivity contribution in [2.45, 2.75) is 46.2 Å². The Morgan fingerprint density at radius 1 is 1.29 bits per heavy atom. The zero-order valence-electron chi connectivity index (χ0n) is 14.2. The minimum atomic E-state index is 0.390. The number of rotatable bonds is 6. The molecule has 2 unspecified atom stereocenters. The minimum absolute atomic E-state index is 0.390. The van der Waals surface area contributed by atoms with E-state index in [0.29, 0.717) is 12.1 Å². The lowest BCUT2D eigenvalue weighted by molar-refractivity contribution is 0.153. The third kappa shape index (κ3) is 4.06. The topological polar surface area (TPSA) is 24.5 Å². The molecule has 0 aliphatic carbocycles. The molecule has 1 aromatic rings. The molecule has 1 N–H and O–H groups in total. The van der Waals surface area contributed by atoms with Gasteiger partial charge in [0.25, 0.3) is 0 Å². The van der Waals surface area contributed by atoms with E-state index in [1.165, 1.54) is 22.3 Å². The van der Waals surface area contributed by atoms with Gasteiger partial charge in [0.1, 0.15) is 0 Å². The second-order valence-electron chi connectivity index (χ2n) is 6.38. The van der Waals surface area contributed by atoms with Gasteiger partial charge in [-0.15, -0.1) is 0 Å². The molecule has 1 saturated heterocycles. The lowest BCUT2D eigenvalue weighted by Crippen LogP contribution is -2.39. The van der Waals surface area contributed by atoms with Gasteiger partial charge in [0, 0.05) is 25.2 Å². The first-order valence-corrected chi connectivity index (χ1v) is 8.12. The van der Waals surface area contributed by atoms with E-state index in [1.54, 1.807) is 0 Å². The molecule has 0 radical (unpaired) electrons. The van der Waals surface area contributed by atoms with Crippen molar-refractivity contribution in [2.75, 3.05) is 33.4 Å². The SMILES string of the molecule is CCNC(CN(C)C1CCOC1)c1c(C)cc(C)cc1C. The van der Waals surface area contributed by atoms with Crippen molar-refractivity contribution in [1.82, 2.24) is 10.2 Å². The maximum absolute atomic E-state index is 5.53. The number of hydrogen-bond donors (Lipinski definition) is 1. The van der Waals surface area contributed by atoms with Gasteiger partial charge in [0.05, 0.1) is 6.61 Å². The highest BCUT2D eigenvalue weighted by Crippen LogP contribution is 2.25. The molecule has 1 aliphatic rings. The van der Waals surface area contributed by atoms with E-state index in [9.17, 15) is 0 Å². The molecule has 0 amide bonds. The number of nitrogens with zero attached hydrogens (tertiary/aromatic N) is 1. The lowest BCUT2D eigenvalue weighted by Gasteiger charge is -2.30. The Hall–Kier alpha value is -0.900. The molecule has 0 aromatic heterocycles. The van der Waals surface area contributed by atoms with Crippen molar-refractivity contribution in [3.05, 3.63) is 34.4 Å². The van der Waals surface area contributed by atoms with E-state index in [2.05, 4.69) is 57.1 Å². The maximum Gasteiger partial charge on any atom is 0.0622 e. The van der Waals surface area contributed by atoms with E-state index >= 15 is 0 Å². The largest absolute Gasteiger partial charge is 0.380 e. The van der Waals surface area contributed by atoms with Gasteiger partial charge in [-0.05, 0) is 57.5 Å². The molecule has 2 rings (SSSR count). The van der Waals surface area contributed by atoms with Crippen LogP contribution in [0.4, 0.5) is 0 Å². The molecule has 0 saturated carbocycles. The van der Waals surface area contributed by atoms with E-state index in [-0.39, 0.29) is 0 Å². The molecule has 1 aromatic carbocycles. The molecule has 2 atom stereocenters. The van der Waals surface area contributed by atoms with Crippen LogP contribution in [-0.2, 0) is 4.74 Å². The highest BCUT2D eigenvalue weighted by atomic mass is 16.5. The second kappa shape index (κ2) is 7.39. The molecule has 118 valence electrons. The quantitative estimate of drug-likeness (QED) is 0.871. The summed E-state index contributed by atoms with van der Waals surface area (Å²) < 4.78 is 5.53. The average Bonchev–Trinajstić information content (AvgIpc) is 2.91. The first kappa shape index (κ1) is 16.5. The highest BCUT2D eigenvalue weighted by Gasteiger charge is 2.24. The van der Waals surface area contributed by atoms with Crippen molar-refractivity contribution in [1.29, 1.82) is 0 Å². The summed E-state index contributed by atoms with van der Waals surface area (Å²) in [5, 5.41) is 3.67. The summed E-state index contributed by atoms with van der Waals surface area (Å²) in [7, 11) is 2.22. The Morgan fingerprint density at radius 3 is 2.48 bits per heavy atom. The van der Waals surface area contributed by atoms with Gasteiger partial charge < -0.3 is 10.1 Å². The predicted molar refractivity (Wildman–Crippen MR) is 88.9 cm³/mol. The Bertz CT molecular complexity index is 443. The number of ether oxygens (including phenoxy) is 1. The van der Waals surface area contributed by atoms with Crippen LogP contribution in [0.15, 0.2) is 12.1 Å². The summed E-state index contributed by atoms with van der Waals surface area (Å²) in [6.45, 7) is 12.6. The van der Waals surface area contributed by atoms with Gasteiger partial charge >= 0.3 is 0 Å². The van der Waals surface area contributed by atoms with Crippen LogP contribution in [0.2, 0.25) is 0 Å². The Labute approximate surface area is 129 Å². The molecule has 1 aliphatic heterocycles. The third-order valence-electron chi connectivity index (χ3n) is 4.54. The number of likely N-dealkylation sites (N-methyl/N-ethyl adjacent to an activating group) is 2. The second-order valence-corrected chi connectivity index (χ2v) is 6.38. The Kier molecular flexibility index (Phi) is 5.80. The maximum atomic E-state index is 5.53. The van der Waals surface area contributed by atoms with Gasteiger partial charge in [-0.25, -0.2) is 0 Å². The lowest BCUT2D eigenvalue weighted by atomic mass is 9.93. The van der Waals surface area contributed by atoms with E-state index in [4.69, 9.17) is 4.74 Å². The van der Waals surface area contributed by atoms with Gasteiger partial charge in [-0.2, -0.15) is 0 Å². The summed E-state index contributed by atoms with van der Waals surface area (Å²) >= 11 is 0. The van der Waals surface area contributed by atoms with Crippen LogP contribution in [0.1, 0.15) is 41.6 Å². The number of hydrogen-bond acceptors (Lipinski definition) is 3. The van der Waals surface area contributed by atoms with E-state index in [0.717, 1.165) is 32.7 Å². The Morgan fingerprint density at radius 2 is 1.95 bits per heavy atom. The van der Waals surface area contributed by atoms with Crippen molar-refractivity contribution in [3.63, 3.8) is 0 Å². The number of aryl methyl sites for hydroxylation is 3. The first-order chi connectivity index (χ1) is 10.0. The zero-order chi connectivity index (χ0) is 15.4. The predicted octanol–water partition coefficient (Wildman–Crippen LogP) is 2.98. The fourth-order valence-electron chi connectivity index (χ4n) is 3.55. The minimum Gasteiger partial charge on any atom is -0.380 e. The fourth-order valence-corrected chi connectivity index (χ4v) is 3.55. The van der Waals surface area contributed by atoms with Crippen LogP contribution in [0.5, 0.6) is 0 Å². The van der Waals surface area contributed by atoms with Crippen LogP contribution in [0, 0.1) is 20.8 Å². The monoisotopic (exact) mass is 290 g/mol. The molecule has 1 heterocycles. The van der Waals surface area contributed by atoms with Crippen LogP contribution in [0.25, 0.3) is 0 Å². The van der Waals surface area contributed by atoms with Crippen LogP contribution >= 0.6 is 0 Å². The standard InChI is InChI=1S/C18H30N2O/c1-6-19-17(11-20(5)16-7-8-21-12-16)18-14(3)9-13(2)10-15(18)4/h9-10,16-17,19H,6-8,11-12H2,1-5H3. The molecular formula is C18H30N2O. The van der Waals surface area contributed by atoms with Crippen molar-refractivity contribution >= 4 is 0 Å². The van der Waals surface area contributed by atoms with Gasteiger partial charge in [0.15, 0.2) is 0 Å². The molecule has 1 fully saturated rings. The molecule has 0 spiro atoms. The normalized spacial score (nSPS) is 20.2. The molecule has 21 heavy (non-hydrogen) atoms. The average molecular weight is 290 g/mol. The van der Waals surface area contributed by atoms with Crippen molar-refractivity contribution in [2.24, 2.45) is 0 Å². The molecular weight excluding hydrogens is 260 g/mol. The summed E-state index contributed by atoms with van der Waals surface area (Å²) in [5.41, 5.74) is 5.61. The first-order valence-electron chi connectivity index (χ1n) is 8.12. The van der Waals surface area contributed by atoms with Gasteiger partial charge in [-0.1, -0.05) is 24.6 Å². The van der Waals surface area contributed by atoms with Crippen LogP contribution < -0.4 is 5.32 Å². The summed E-state index contributed by atoms with van der Waals surface area (Å²) in [6, 6.07) is 5.55. The van der Waals surface area contributed by atoms with Crippen molar-refractivity contribution < 1.29 is 4.74 Å². The van der Waals surface area contributed by atoms with Crippen molar-refractivity contribution in [3.8, 4) is 0 Å². The Balaban J connectivity index is 2.18. The summed E-state index contributed by atoms with van der Waals surface area (Å²) in [5.74, 6) is 0. The fraction of sp³-hybridized carbons (Fsp3) is 0.667. The number of benzene rings is 1. The van der Waals surface area contributed by atoms with Crippen LogP contribution in [0.3, 0.4) is 0 Å². The zero-order valence-corrected chi connectivity index (χ0v) is 14.2. The smallest absolute Gasteiger partial charge is 0.0622 e. The molecule has 0 bridgehead atoms. The van der Waals surface area contributed by atoms with Crippen LogP contribution in [-0.4, -0.2) is 44.3 Å². The molecule has 3 heteroatoms. The van der Waals surface area contributed by atoms with Gasteiger partial charge in [-0.3, -0.25) is 4.90 Å². The number of nitrogens with one attached hydrogen (secondary N) is 1. The molecule has 3 nitrogen and oxygen atoms in total. The summed E-state index contributed by atoms with van der Waals surface area (Å²) in [4.78, 5) is 2.46. The highest BCUT2D eigenvalue weighted by molar-refractivity contribution is 5.39. The summed E-state index contributed by atoms with van der Waals surface area (Å²) in [6.07, 6.45) is 1.15.